The van der Waals surface area contributed by atoms with Gasteiger partial charge in [0.1, 0.15) is 0 Å². The van der Waals surface area contributed by atoms with Crippen molar-refractivity contribution in [3.05, 3.63) is 29.3 Å². The van der Waals surface area contributed by atoms with Gasteiger partial charge < -0.3 is 14.9 Å². The van der Waals surface area contributed by atoms with Gasteiger partial charge in [-0.2, -0.15) is 13.2 Å². The van der Waals surface area contributed by atoms with Crippen LogP contribution in [0.15, 0.2) is 18.2 Å². The number of rotatable bonds is 4. The van der Waals surface area contributed by atoms with Crippen molar-refractivity contribution in [2.24, 2.45) is 5.92 Å². The number of hydrogen-bond donors (Lipinski definition) is 1. The van der Waals surface area contributed by atoms with E-state index in [1.165, 1.54) is 0 Å². The van der Waals surface area contributed by atoms with Gasteiger partial charge in [0.25, 0.3) is 0 Å². The number of carbonyl (C=O) groups excluding carboxylic acids is 1. The van der Waals surface area contributed by atoms with Gasteiger partial charge >= 0.3 is 18.1 Å². The summed E-state index contributed by atoms with van der Waals surface area (Å²) in [4.78, 5) is 25.7. The number of halogens is 3. The quantitative estimate of drug-likeness (QED) is 0.867. The predicted molar refractivity (Wildman–Crippen MR) is 93.7 cm³/mol. The Morgan fingerprint density at radius 3 is 2.48 bits per heavy atom. The van der Waals surface area contributed by atoms with Crippen molar-refractivity contribution in [1.82, 2.24) is 4.90 Å². The van der Waals surface area contributed by atoms with Crippen LogP contribution in [0.4, 0.5) is 18.9 Å². The Morgan fingerprint density at radius 2 is 1.85 bits per heavy atom. The van der Waals surface area contributed by atoms with E-state index in [1.54, 1.807) is 12.1 Å². The standard InChI is InChI=1S/C19H23F3N2O3/c20-19(21,22)18(27)24-8-1-2-15-12-13(3-4-16(15)24)5-9-23-10-6-14(7-11-23)17(25)26/h3-4,12,14H,1-2,5-11H2,(H,25,26). The Balaban J connectivity index is 1.61. The van der Waals surface area contributed by atoms with E-state index in [1.807, 2.05) is 6.07 Å². The summed E-state index contributed by atoms with van der Waals surface area (Å²) >= 11 is 0. The maximum atomic E-state index is 12.8. The molecule has 0 bridgehead atoms. The lowest BCUT2D eigenvalue weighted by Gasteiger charge is -2.31. The van der Waals surface area contributed by atoms with Crippen LogP contribution in [0.5, 0.6) is 0 Å². The number of anilines is 1. The minimum atomic E-state index is -4.87. The van der Waals surface area contributed by atoms with Gasteiger partial charge in [-0.3, -0.25) is 9.59 Å². The Bertz CT molecular complexity index is 713. The summed E-state index contributed by atoms with van der Waals surface area (Å²) in [5.74, 6) is -2.80. The zero-order chi connectivity index (χ0) is 19.6. The molecule has 0 saturated carbocycles. The molecule has 0 radical (unpaired) electrons. The average Bonchev–Trinajstić information content (AvgIpc) is 2.64. The molecule has 0 spiro atoms. The Labute approximate surface area is 155 Å². The maximum absolute atomic E-state index is 12.8. The number of amides is 1. The van der Waals surface area contributed by atoms with E-state index < -0.39 is 18.1 Å². The molecule has 1 fully saturated rings. The second-order valence-electron chi connectivity index (χ2n) is 7.23. The molecule has 3 rings (SSSR count). The summed E-state index contributed by atoms with van der Waals surface area (Å²) in [5.41, 5.74) is 2.16. The molecule has 0 aromatic heterocycles. The summed E-state index contributed by atoms with van der Waals surface area (Å²) < 4.78 is 38.3. The molecule has 8 heteroatoms. The Morgan fingerprint density at radius 1 is 1.15 bits per heavy atom. The van der Waals surface area contributed by atoms with Crippen LogP contribution in [-0.4, -0.2) is 54.2 Å². The van der Waals surface area contributed by atoms with Crippen LogP contribution in [0.2, 0.25) is 0 Å². The summed E-state index contributed by atoms with van der Waals surface area (Å²) in [6, 6.07) is 5.30. The van der Waals surface area contributed by atoms with Crippen LogP contribution < -0.4 is 4.90 Å². The third-order valence-corrected chi connectivity index (χ3v) is 5.40. The Hall–Kier alpha value is -2.09. The lowest BCUT2D eigenvalue weighted by molar-refractivity contribution is -0.170. The van der Waals surface area contributed by atoms with Crippen molar-refractivity contribution in [3.63, 3.8) is 0 Å². The highest BCUT2D eigenvalue weighted by atomic mass is 19.4. The van der Waals surface area contributed by atoms with Crippen LogP contribution >= 0.6 is 0 Å². The average molecular weight is 384 g/mol. The van der Waals surface area contributed by atoms with Gasteiger partial charge in [0, 0.05) is 18.8 Å². The first-order chi connectivity index (χ1) is 12.8. The van der Waals surface area contributed by atoms with Gasteiger partial charge in [-0.15, -0.1) is 0 Å². The zero-order valence-corrected chi connectivity index (χ0v) is 15.0. The molecule has 2 heterocycles. The smallest absolute Gasteiger partial charge is 0.471 e. The molecule has 0 unspecified atom stereocenters. The third-order valence-electron chi connectivity index (χ3n) is 5.40. The molecule has 148 valence electrons. The first kappa shape index (κ1) is 19.7. The minimum absolute atomic E-state index is 0.0865. The topological polar surface area (TPSA) is 60.9 Å². The van der Waals surface area contributed by atoms with Crippen LogP contribution in [0.1, 0.15) is 30.4 Å². The van der Waals surface area contributed by atoms with E-state index in [9.17, 15) is 22.8 Å². The largest absolute Gasteiger partial charge is 0.481 e. The highest BCUT2D eigenvalue weighted by Gasteiger charge is 2.44. The molecule has 1 amide bonds. The maximum Gasteiger partial charge on any atom is 0.471 e. The molecule has 1 aromatic carbocycles. The number of nitrogens with zero attached hydrogens (tertiary/aromatic N) is 2. The molecule has 1 N–H and O–H groups in total. The number of hydrogen-bond acceptors (Lipinski definition) is 3. The van der Waals surface area contributed by atoms with Gasteiger partial charge in [-0.25, -0.2) is 0 Å². The predicted octanol–water partition coefficient (Wildman–Crippen LogP) is 2.87. The molecule has 2 aliphatic heterocycles. The van der Waals surface area contributed by atoms with Crippen LogP contribution in [-0.2, 0) is 22.4 Å². The highest BCUT2D eigenvalue weighted by Crippen LogP contribution is 2.32. The molecule has 5 nitrogen and oxygen atoms in total. The van der Waals surface area contributed by atoms with E-state index in [4.69, 9.17) is 5.11 Å². The highest BCUT2D eigenvalue weighted by molar-refractivity contribution is 5.98. The first-order valence-corrected chi connectivity index (χ1v) is 9.21. The van der Waals surface area contributed by atoms with Crippen molar-refractivity contribution in [3.8, 4) is 0 Å². The van der Waals surface area contributed by atoms with E-state index in [0.717, 1.165) is 42.1 Å². The number of aryl methyl sites for hydroxylation is 1. The zero-order valence-electron chi connectivity index (χ0n) is 15.0. The molecule has 1 saturated heterocycles. The fourth-order valence-electron chi connectivity index (χ4n) is 3.86. The van der Waals surface area contributed by atoms with Crippen molar-refractivity contribution >= 4 is 17.6 Å². The number of piperidine rings is 1. The van der Waals surface area contributed by atoms with Crippen molar-refractivity contribution in [2.75, 3.05) is 31.1 Å². The van der Waals surface area contributed by atoms with Crippen LogP contribution in [0.25, 0.3) is 0 Å². The summed E-state index contributed by atoms with van der Waals surface area (Å²) in [5, 5.41) is 9.04. The summed E-state index contributed by atoms with van der Waals surface area (Å²) in [6.45, 7) is 2.37. The number of carboxylic acids is 1. The third kappa shape index (κ3) is 4.61. The van der Waals surface area contributed by atoms with Crippen molar-refractivity contribution in [2.45, 2.75) is 38.3 Å². The second kappa shape index (κ2) is 7.88. The fraction of sp³-hybridized carbons (Fsp3) is 0.579. The number of likely N-dealkylation sites (tertiary alicyclic amines) is 1. The first-order valence-electron chi connectivity index (χ1n) is 9.21. The van der Waals surface area contributed by atoms with E-state index in [2.05, 4.69) is 4.90 Å². The van der Waals surface area contributed by atoms with Gasteiger partial charge in [0.2, 0.25) is 0 Å². The summed E-state index contributed by atoms with van der Waals surface area (Å²) in [6.07, 6.45) is -1.65. The SMILES string of the molecule is O=C(O)C1CCN(CCc2ccc3c(c2)CCCN3C(=O)C(F)(F)F)CC1. The number of aliphatic carboxylic acids is 1. The van der Waals surface area contributed by atoms with Crippen molar-refractivity contribution < 1.29 is 27.9 Å². The molecular formula is C19H23F3N2O3. The van der Waals surface area contributed by atoms with Crippen LogP contribution in [0.3, 0.4) is 0 Å². The van der Waals surface area contributed by atoms with Gasteiger partial charge in [-0.1, -0.05) is 12.1 Å². The molecule has 27 heavy (non-hydrogen) atoms. The monoisotopic (exact) mass is 384 g/mol. The number of alkyl halides is 3. The molecular weight excluding hydrogens is 361 g/mol. The van der Waals surface area contributed by atoms with E-state index in [0.29, 0.717) is 31.4 Å². The van der Waals surface area contributed by atoms with Gasteiger partial charge in [0.05, 0.1) is 5.92 Å². The number of fused-ring (bicyclic) bond motifs is 1. The normalized spacial score (nSPS) is 19.0. The van der Waals surface area contributed by atoms with Gasteiger partial charge in [-0.05, 0) is 62.4 Å². The molecule has 2 aliphatic rings. The fourth-order valence-corrected chi connectivity index (χ4v) is 3.86. The molecule has 1 aromatic rings. The lowest BCUT2D eigenvalue weighted by Crippen LogP contribution is -2.43. The van der Waals surface area contributed by atoms with Crippen LogP contribution in [0, 0.1) is 5.92 Å². The molecule has 0 atom stereocenters. The number of carbonyl (C=O) groups is 2. The number of benzene rings is 1. The molecule has 0 aliphatic carbocycles. The summed E-state index contributed by atoms with van der Waals surface area (Å²) in [7, 11) is 0. The van der Waals surface area contributed by atoms with E-state index in [-0.39, 0.29) is 12.5 Å². The Kier molecular flexibility index (Phi) is 5.74. The van der Waals surface area contributed by atoms with Gasteiger partial charge in [0.15, 0.2) is 0 Å². The van der Waals surface area contributed by atoms with Crippen molar-refractivity contribution in [1.29, 1.82) is 0 Å². The lowest BCUT2D eigenvalue weighted by atomic mass is 9.96. The van der Waals surface area contributed by atoms with E-state index >= 15 is 0 Å². The second-order valence-corrected chi connectivity index (χ2v) is 7.23. The number of carboxylic acid groups (broad SMARTS) is 1. The minimum Gasteiger partial charge on any atom is -0.481 e.